The minimum atomic E-state index is -1.09. The van der Waals surface area contributed by atoms with Crippen LogP contribution in [0.15, 0.2) is 24.4 Å². The molecule has 0 atom stereocenters. The SMILES string of the molecule is COc1ccc(-c2nn(CC(C)C)cc2C(=O)O)cc1F. The maximum absolute atomic E-state index is 13.8. The first-order valence-corrected chi connectivity index (χ1v) is 6.57. The fraction of sp³-hybridized carbons (Fsp3) is 0.333. The molecule has 21 heavy (non-hydrogen) atoms. The Bertz CT molecular complexity index is 665. The molecule has 0 aliphatic heterocycles. The molecule has 2 aromatic rings. The van der Waals surface area contributed by atoms with E-state index in [-0.39, 0.29) is 17.0 Å². The zero-order chi connectivity index (χ0) is 15.6. The number of benzene rings is 1. The van der Waals surface area contributed by atoms with Crippen molar-refractivity contribution in [1.82, 2.24) is 9.78 Å². The summed E-state index contributed by atoms with van der Waals surface area (Å²) in [4.78, 5) is 11.3. The molecule has 2 rings (SSSR count). The lowest BCUT2D eigenvalue weighted by atomic mass is 10.1. The summed E-state index contributed by atoms with van der Waals surface area (Å²) in [6.45, 7) is 4.61. The second-order valence-electron chi connectivity index (χ2n) is 5.16. The lowest BCUT2D eigenvalue weighted by Gasteiger charge is -2.05. The third-order valence-electron chi connectivity index (χ3n) is 2.97. The third kappa shape index (κ3) is 3.21. The molecule has 0 fully saturated rings. The van der Waals surface area contributed by atoms with Gasteiger partial charge in [-0.2, -0.15) is 5.10 Å². The summed E-state index contributed by atoms with van der Waals surface area (Å²) in [7, 11) is 1.37. The second-order valence-corrected chi connectivity index (χ2v) is 5.16. The highest BCUT2D eigenvalue weighted by Gasteiger charge is 2.18. The number of methoxy groups -OCH3 is 1. The highest BCUT2D eigenvalue weighted by Crippen LogP contribution is 2.27. The van der Waals surface area contributed by atoms with Crippen molar-refractivity contribution in [3.63, 3.8) is 0 Å². The molecule has 5 nitrogen and oxygen atoms in total. The van der Waals surface area contributed by atoms with Crippen LogP contribution in [-0.4, -0.2) is 28.0 Å². The molecule has 0 bridgehead atoms. The van der Waals surface area contributed by atoms with E-state index in [0.29, 0.717) is 18.0 Å². The molecule has 0 saturated carbocycles. The Morgan fingerprint density at radius 2 is 2.19 bits per heavy atom. The summed E-state index contributed by atoms with van der Waals surface area (Å²) in [6, 6.07) is 4.28. The van der Waals surface area contributed by atoms with Crippen molar-refractivity contribution in [2.24, 2.45) is 5.92 Å². The summed E-state index contributed by atoms with van der Waals surface area (Å²) in [5.41, 5.74) is 0.720. The molecule has 6 heteroatoms. The number of hydrogen-bond donors (Lipinski definition) is 1. The van der Waals surface area contributed by atoms with Gasteiger partial charge in [0.2, 0.25) is 0 Å². The number of hydrogen-bond acceptors (Lipinski definition) is 3. The predicted octanol–water partition coefficient (Wildman–Crippen LogP) is 3.05. The van der Waals surface area contributed by atoms with Crippen molar-refractivity contribution in [3.8, 4) is 17.0 Å². The Balaban J connectivity index is 2.48. The lowest BCUT2D eigenvalue weighted by molar-refractivity contribution is 0.0697. The van der Waals surface area contributed by atoms with Crippen molar-refractivity contribution >= 4 is 5.97 Å². The monoisotopic (exact) mass is 292 g/mol. The highest BCUT2D eigenvalue weighted by atomic mass is 19.1. The molecule has 112 valence electrons. The van der Waals surface area contributed by atoms with Crippen LogP contribution in [0.2, 0.25) is 0 Å². The highest BCUT2D eigenvalue weighted by molar-refractivity contribution is 5.94. The minimum absolute atomic E-state index is 0.0558. The maximum atomic E-state index is 13.8. The van der Waals surface area contributed by atoms with Crippen LogP contribution in [0.5, 0.6) is 5.75 Å². The first kappa shape index (κ1) is 15.0. The van der Waals surface area contributed by atoms with E-state index in [9.17, 15) is 14.3 Å². The van der Waals surface area contributed by atoms with Gasteiger partial charge >= 0.3 is 5.97 Å². The standard InChI is InChI=1S/C15H17FN2O3/c1-9(2)7-18-8-11(15(19)20)14(17-18)10-4-5-13(21-3)12(16)6-10/h4-6,8-9H,7H2,1-3H3,(H,19,20). The van der Waals surface area contributed by atoms with E-state index in [0.717, 1.165) is 0 Å². The van der Waals surface area contributed by atoms with E-state index >= 15 is 0 Å². The third-order valence-corrected chi connectivity index (χ3v) is 2.97. The van der Waals surface area contributed by atoms with Gasteiger partial charge in [-0.25, -0.2) is 9.18 Å². The van der Waals surface area contributed by atoms with E-state index < -0.39 is 11.8 Å². The van der Waals surface area contributed by atoms with Gasteiger partial charge in [-0.05, 0) is 24.1 Å². The quantitative estimate of drug-likeness (QED) is 0.920. The van der Waals surface area contributed by atoms with E-state index in [4.69, 9.17) is 4.74 Å². The Kier molecular flexibility index (Phi) is 4.26. The van der Waals surface area contributed by atoms with Crippen LogP contribution in [0.1, 0.15) is 24.2 Å². The van der Waals surface area contributed by atoms with Crippen LogP contribution in [-0.2, 0) is 6.54 Å². The van der Waals surface area contributed by atoms with Gasteiger partial charge in [0.1, 0.15) is 11.3 Å². The van der Waals surface area contributed by atoms with Crippen LogP contribution in [0.25, 0.3) is 11.3 Å². The van der Waals surface area contributed by atoms with Crippen LogP contribution >= 0.6 is 0 Å². The number of rotatable bonds is 5. The molecule has 1 aromatic heterocycles. The molecule has 0 radical (unpaired) electrons. The largest absolute Gasteiger partial charge is 0.494 e. The van der Waals surface area contributed by atoms with Crippen molar-refractivity contribution in [3.05, 3.63) is 35.8 Å². The van der Waals surface area contributed by atoms with Crippen molar-refractivity contribution in [2.75, 3.05) is 7.11 Å². The Morgan fingerprint density at radius 3 is 2.71 bits per heavy atom. The van der Waals surface area contributed by atoms with E-state index in [1.54, 1.807) is 10.7 Å². The first-order chi connectivity index (χ1) is 9.92. The lowest BCUT2D eigenvalue weighted by Crippen LogP contribution is -2.04. The first-order valence-electron chi connectivity index (χ1n) is 6.57. The number of carboxylic acids is 1. The van der Waals surface area contributed by atoms with Crippen LogP contribution in [0.4, 0.5) is 4.39 Å². The smallest absolute Gasteiger partial charge is 0.339 e. The molecular weight excluding hydrogens is 275 g/mol. The predicted molar refractivity (Wildman–Crippen MR) is 76.0 cm³/mol. The van der Waals surface area contributed by atoms with Gasteiger partial charge in [0.25, 0.3) is 0 Å². The Morgan fingerprint density at radius 1 is 1.48 bits per heavy atom. The van der Waals surface area contributed by atoms with Crippen molar-refractivity contribution < 1.29 is 19.0 Å². The number of nitrogens with zero attached hydrogens (tertiary/aromatic N) is 2. The molecular formula is C15H17FN2O3. The molecule has 1 aromatic carbocycles. The second kappa shape index (κ2) is 5.95. The van der Waals surface area contributed by atoms with Crippen LogP contribution < -0.4 is 4.74 Å². The van der Waals surface area contributed by atoms with Crippen LogP contribution in [0.3, 0.4) is 0 Å². The molecule has 0 aliphatic rings. The van der Waals surface area contributed by atoms with Crippen LogP contribution in [0, 0.1) is 11.7 Å². The van der Waals surface area contributed by atoms with Gasteiger partial charge in [0.15, 0.2) is 11.6 Å². The van der Waals surface area contributed by atoms with Gasteiger partial charge in [0.05, 0.1) is 7.11 Å². The number of carboxylic acid groups (broad SMARTS) is 1. The van der Waals surface area contributed by atoms with E-state index in [2.05, 4.69) is 5.10 Å². The van der Waals surface area contributed by atoms with Gasteiger partial charge in [-0.1, -0.05) is 13.8 Å². The molecule has 0 aliphatic carbocycles. The van der Waals surface area contributed by atoms with E-state index in [1.807, 2.05) is 13.8 Å². The molecule has 0 saturated heterocycles. The summed E-state index contributed by atoms with van der Waals surface area (Å²) in [5.74, 6) is -1.20. The van der Waals surface area contributed by atoms with Crippen molar-refractivity contribution in [1.29, 1.82) is 0 Å². The Labute approximate surface area is 122 Å². The number of halogens is 1. The summed E-state index contributed by atoms with van der Waals surface area (Å²) in [6.07, 6.45) is 1.47. The summed E-state index contributed by atoms with van der Waals surface area (Å²) < 4.78 is 20.2. The summed E-state index contributed by atoms with van der Waals surface area (Å²) >= 11 is 0. The fourth-order valence-corrected chi connectivity index (χ4v) is 2.07. The number of carbonyl (C=O) groups is 1. The molecule has 0 amide bonds. The van der Waals surface area contributed by atoms with Gasteiger partial charge in [-0.3, -0.25) is 4.68 Å². The summed E-state index contributed by atoms with van der Waals surface area (Å²) in [5, 5.41) is 13.5. The normalized spacial score (nSPS) is 10.9. The fourth-order valence-electron chi connectivity index (χ4n) is 2.07. The molecule has 0 spiro atoms. The average molecular weight is 292 g/mol. The number of ether oxygens (including phenoxy) is 1. The number of aromatic nitrogens is 2. The molecule has 0 unspecified atom stereocenters. The molecule has 1 N–H and O–H groups in total. The Hall–Kier alpha value is -2.37. The van der Waals surface area contributed by atoms with Gasteiger partial charge in [-0.15, -0.1) is 0 Å². The molecule has 1 heterocycles. The zero-order valence-corrected chi connectivity index (χ0v) is 12.1. The zero-order valence-electron chi connectivity index (χ0n) is 12.1. The maximum Gasteiger partial charge on any atom is 0.339 e. The van der Waals surface area contributed by atoms with Gasteiger partial charge < -0.3 is 9.84 Å². The van der Waals surface area contributed by atoms with Gasteiger partial charge in [0, 0.05) is 18.3 Å². The van der Waals surface area contributed by atoms with E-state index in [1.165, 1.54) is 25.4 Å². The minimum Gasteiger partial charge on any atom is -0.494 e. The average Bonchev–Trinajstić information content (AvgIpc) is 2.81. The number of aromatic carboxylic acids is 1. The van der Waals surface area contributed by atoms with Crippen molar-refractivity contribution in [2.45, 2.75) is 20.4 Å². The topological polar surface area (TPSA) is 64.4 Å².